The molecule has 1 fully saturated rings. The fourth-order valence-corrected chi connectivity index (χ4v) is 4.73. The minimum absolute atomic E-state index is 0.0479. The van der Waals surface area contributed by atoms with Crippen molar-refractivity contribution >= 4 is 21.9 Å². The number of benzene rings is 2. The number of sulfonamides is 1. The normalized spacial score (nSPS) is 14.0. The fraction of sp³-hybridized carbons (Fsp3) is 0.217. The van der Waals surface area contributed by atoms with E-state index in [1.807, 2.05) is 11.0 Å². The number of amides is 1. The molecule has 0 spiro atoms. The largest absolute Gasteiger partial charge is 0.337 e. The number of carbonyl (C=O) groups is 1. The van der Waals surface area contributed by atoms with Crippen molar-refractivity contribution in [2.75, 3.05) is 31.1 Å². The van der Waals surface area contributed by atoms with Crippen LogP contribution in [-0.4, -0.2) is 55.4 Å². The van der Waals surface area contributed by atoms with Gasteiger partial charge in [-0.15, -0.1) is 0 Å². The second-order valence-electron chi connectivity index (χ2n) is 7.46. The van der Waals surface area contributed by atoms with Gasteiger partial charge in [0, 0.05) is 50.7 Å². The molecule has 1 N–H and O–H groups in total. The van der Waals surface area contributed by atoms with Gasteiger partial charge in [0.2, 0.25) is 16.0 Å². The number of rotatable bonds is 6. The maximum absolute atomic E-state index is 12.9. The Morgan fingerprint density at radius 3 is 2.30 bits per heavy atom. The molecule has 2 heterocycles. The van der Waals surface area contributed by atoms with Crippen LogP contribution in [0.3, 0.4) is 0 Å². The van der Waals surface area contributed by atoms with Crippen molar-refractivity contribution in [2.24, 2.45) is 0 Å². The van der Waals surface area contributed by atoms with Crippen LogP contribution < -0.4 is 9.62 Å². The minimum Gasteiger partial charge on any atom is -0.337 e. The molecule has 2 aromatic carbocycles. The summed E-state index contributed by atoms with van der Waals surface area (Å²) in [5.41, 5.74) is 1.33. The molecule has 168 valence electrons. The molecule has 1 amide bonds. The third kappa shape index (κ3) is 5.16. The first-order chi connectivity index (χ1) is 16.0. The average molecular weight is 463 g/mol. The summed E-state index contributed by atoms with van der Waals surface area (Å²) in [6, 6.07) is 16.5. The molecule has 1 aliphatic heterocycles. The molecule has 4 rings (SSSR count). The fourth-order valence-electron chi connectivity index (χ4n) is 3.56. The lowest BCUT2D eigenvalue weighted by molar-refractivity contribution is 0.0746. The Hall–Kier alpha value is -3.81. The van der Waals surface area contributed by atoms with E-state index in [9.17, 15) is 13.2 Å². The SMILES string of the molecule is N#Cc1ccccc1S(=O)(=O)NCc1ccc(C(=O)N2CCN(c3ncccn3)CC2)cc1. The molecule has 10 heteroatoms. The summed E-state index contributed by atoms with van der Waals surface area (Å²) < 4.78 is 27.6. The van der Waals surface area contributed by atoms with Crippen LogP contribution in [0.2, 0.25) is 0 Å². The zero-order chi connectivity index (χ0) is 23.3. The van der Waals surface area contributed by atoms with E-state index in [1.165, 1.54) is 12.1 Å². The topological polar surface area (TPSA) is 119 Å². The molecule has 0 saturated carbocycles. The van der Waals surface area contributed by atoms with Crippen molar-refractivity contribution in [2.45, 2.75) is 11.4 Å². The summed E-state index contributed by atoms with van der Waals surface area (Å²) in [7, 11) is -3.84. The van der Waals surface area contributed by atoms with Crippen molar-refractivity contribution in [3.63, 3.8) is 0 Å². The maximum atomic E-state index is 12.9. The van der Waals surface area contributed by atoms with E-state index in [1.54, 1.807) is 59.8 Å². The summed E-state index contributed by atoms with van der Waals surface area (Å²) in [6.07, 6.45) is 3.40. The Bertz CT molecular complexity index is 1270. The highest BCUT2D eigenvalue weighted by molar-refractivity contribution is 7.89. The van der Waals surface area contributed by atoms with Gasteiger partial charge >= 0.3 is 0 Å². The highest BCUT2D eigenvalue weighted by Crippen LogP contribution is 2.16. The van der Waals surface area contributed by atoms with E-state index < -0.39 is 10.0 Å². The zero-order valence-electron chi connectivity index (χ0n) is 17.8. The van der Waals surface area contributed by atoms with E-state index in [2.05, 4.69) is 14.7 Å². The maximum Gasteiger partial charge on any atom is 0.253 e. The van der Waals surface area contributed by atoms with Gasteiger partial charge in [-0.3, -0.25) is 4.79 Å². The van der Waals surface area contributed by atoms with Gasteiger partial charge in [0.1, 0.15) is 6.07 Å². The molecule has 1 aromatic heterocycles. The second kappa shape index (κ2) is 9.77. The van der Waals surface area contributed by atoms with E-state index in [0.717, 1.165) is 0 Å². The van der Waals surface area contributed by atoms with Gasteiger partial charge in [-0.05, 0) is 35.9 Å². The number of nitrogens with one attached hydrogen (secondary N) is 1. The van der Waals surface area contributed by atoms with Crippen LogP contribution in [0.4, 0.5) is 5.95 Å². The molecule has 0 radical (unpaired) electrons. The van der Waals surface area contributed by atoms with Crippen molar-refractivity contribution in [3.05, 3.63) is 83.7 Å². The van der Waals surface area contributed by atoms with Crippen molar-refractivity contribution < 1.29 is 13.2 Å². The molecule has 0 unspecified atom stereocenters. The van der Waals surface area contributed by atoms with Crippen molar-refractivity contribution in [1.82, 2.24) is 19.6 Å². The van der Waals surface area contributed by atoms with Gasteiger partial charge in [-0.1, -0.05) is 24.3 Å². The zero-order valence-corrected chi connectivity index (χ0v) is 18.6. The van der Waals surface area contributed by atoms with Gasteiger partial charge in [0.25, 0.3) is 5.91 Å². The van der Waals surface area contributed by atoms with Crippen molar-refractivity contribution in [1.29, 1.82) is 5.26 Å². The lowest BCUT2D eigenvalue weighted by Gasteiger charge is -2.34. The molecular weight excluding hydrogens is 440 g/mol. The Balaban J connectivity index is 1.35. The number of carbonyl (C=O) groups excluding carboxylic acids is 1. The Morgan fingerprint density at radius 1 is 0.970 bits per heavy atom. The molecule has 0 aliphatic carbocycles. The summed E-state index contributed by atoms with van der Waals surface area (Å²) >= 11 is 0. The molecular formula is C23H22N6O3S. The standard InChI is InChI=1S/C23H22N6O3S/c24-16-20-4-1-2-5-21(20)33(31,32)27-17-18-6-8-19(9-7-18)22(30)28-12-14-29(15-13-28)23-25-10-3-11-26-23/h1-11,27H,12-15,17H2. The van der Waals surface area contributed by atoms with Gasteiger partial charge in [0.05, 0.1) is 10.5 Å². The predicted molar refractivity (Wildman–Crippen MR) is 122 cm³/mol. The van der Waals surface area contributed by atoms with Gasteiger partial charge in [-0.25, -0.2) is 23.1 Å². The Morgan fingerprint density at radius 2 is 1.64 bits per heavy atom. The smallest absolute Gasteiger partial charge is 0.253 e. The lowest BCUT2D eigenvalue weighted by Crippen LogP contribution is -2.49. The van der Waals surface area contributed by atoms with Crippen LogP contribution in [0.25, 0.3) is 0 Å². The molecule has 1 aliphatic rings. The first-order valence-electron chi connectivity index (χ1n) is 10.4. The molecule has 0 bridgehead atoms. The number of hydrogen-bond donors (Lipinski definition) is 1. The van der Waals surface area contributed by atoms with E-state index in [0.29, 0.717) is 43.3 Å². The monoisotopic (exact) mass is 462 g/mol. The van der Waals surface area contributed by atoms with Crippen LogP contribution in [0.1, 0.15) is 21.5 Å². The first-order valence-corrected chi connectivity index (χ1v) is 11.9. The third-order valence-corrected chi connectivity index (χ3v) is 6.83. The molecule has 33 heavy (non-hydrogen) atoms. The van der Waals surface area contributed by atoms with E-state index >= 15 is 0 Å². The molecule has 0 atom stereocenters. The number of anilines is 1. The van der Waals surface area contributed by atoms with Crippen LogP contribution in [0.5, 0.6) is 0 Å². The highest BCUT2D eigenvalue weighted by atomic mass is 32.2. The lowest BCUT2D eigenvalue weighted by atomic mass is 10.1. The quantitative estimate of drug-likeness (QED) is 0.593. The predicted octanol–water partition coefficient (Wildman–Crippen LogP) is 1.79. The van der Waals surface area contributed by atoms with Gasteiger partial charge in [-0.2, -0.15) is 5.26 Å². The molecule has 1 saturated heterocycles. The number of aromatic nitrogens is 2. The summed E-state index contributed by atoms with van der Waals surface area (Å²) in [5.74, 6) is 0.590. The van der Waals surface area contributed by atoms with E-state index in [-0.39, 0.29) is 22.9 Å². The van der Waals surface area contributed by atoms with Crippen LogP contribution in [-0.2, 0) is 16.6 Å². The number of nitriles is 1. The first kappa shape index (κ1) is 22.4. The number of nitrogens with zero attached hydrogens (tertiary/aromatic N) is 5. The van der Waals surface area contributed by atoms with Crippen LogP contribution in [0, 0.1) is 11.3 Å². The van der Waals surface area contributed by atoms with Crippen LogP contribution >= 0.6 is 0 Å². The Labute approximate surface area is 192 Å². The minimum atomic E-state index is -3.84. The van der Waals surface area contributed by atoms with Gasteiger partial charge in [0.15, 0.2) is 0 Å². The highest BCUT2D eigenvalue weighted by Gasteiger charge is 2.23. The second-order valence-corrected chi connectivity index (χ2v) is 9.19. The van der Waals surface area contributed by atoms with Crippen LogP contribution in [0.15, 0.2) is 71.9 Å². The third-order valence-electron chi connectivity index (χ3n) is 5.37. The average Bonchev–Trinajstić information content (AvgIpc) is 2.88. The van der Waals surface area contributed by atoms with E-state index in [4.69, 9.17) is 5.26 Å². The summed E-state index contributed by atoms with van der Waals surface area (Å²) in [6.45, 7) is 2.49. The van der Waals surface area contributed by atoms with Crippen molar-refractivity contribution in [3.8, 4) is 6.07 Å². The summed E-state index contributed by atoms with van der Waals surface area (Å²) in [5, 5.41) is 9.14. The number of hydrogen-bond acceptors (Lipinski definition) is 7. The Kier molecular flexibility index (Phi) is 6.63. The summed E-state index contributed by atoms with van der Waals surface area (Å²) in [4.78, 5) is 25.1. The van der Waals surface area contributed by atoms with Gasteiger partial charge < -0.3 is 9.80 Å². The molecule has 3 aromatic rings. The number of piperazine rings is 1. The molecule has 9 nitrogen and oxygen atoms in total.